The topological polar surface area (TPSA) is 53.8 Å². The van der Waals surface area contributed by atoms with Crippen LogP contribution in [-0.4, -0.2) is 35.8 Å². The van der Waals surface area contributed by atoms with Crippen molar-refractivity contribution < 1.29 is 9.21 Å². The molecular weight excluding hydrogens is 352 g/mol. The molecule has 0 aliphatic carbocycles. The second-order valence-electron chi connectivity index (χ2n) is 7.40. The van der Waals surface area contributed by atoms with E-state index in [0.29, 0.717) is 12.1 Å². The van der Waals surface area contributed by atoms with Crippen molar-refractivity contribution in [3.05, 3.63) is 81.7 Å². The summed E-state index contributed by atoms with van der Waals surface area (Å²) in [6.07, 6.45) is 2.50. The van der Waals surface area contributed by atoms with E-state index < -0.39 is 5.63 Å². The number of benzene rings is 2. The Morgan fingerprint density at radius 1 is 1.04 bits per heavy atom. The van der Waals surface area contributed by atoms with Gasteiger partial charge in [0.15, 0.2) is 0 Å². The molecule has 1 aliphatic heterocycles. The molecular formula is C23H24N2O3. The third-order valence-corrected chi connectivity index (χ3v) is 5.34. The van der Waals surface area contributed by atoms with E-state index in [0.717, 1.165) is 30.6 Å². The summed E-state index contributed by atoms with van der Waals surface area (Å²) >= 11 is 0. The van der Waals surface area contributed by atoms with Gasteiger partial charge in [-0.25, -0.2) is 4.79 Å². The Labute approximate surface area is 164 Å². The molecule has 0 bridgehead atoms. The summed E-state index contributed by atoms with van der Waals surface area (Å²) in [6, 6.07) is 17.0. The molecule has 5 nitrogen and oxygen atoms in total. The van der Waals surface area contributed by atoms with Gasteiger partial charge in [0, 0.05) is 25.5 Å². The lowest BCUT2D eigenvalue weighted by Crippen LogP contribution is -2.31. The van der Waals surface area contributed by atoms with Crippen molar-refractivity contribution in [3.8, 4) is 0 Å². The second-order valence-corrected chi connectivity index (χ2v) is 7.40. The minimum atomic E-state index is -0.596. The number of amides is 1. The van der Waals surface area contributed by atoms with Crippen LogP contribution in [0.3, 0.4) is 0 Å². The predicted molar refractivity (Wildman–Crippen MR) is 109 cm³/mol. The molecule has 28 heavy (non-hydrogen) atoms. The third-order valence-electron chi connectivity index (χ3n) is 5.34. The Morgan fingerprint density at radius 2 is 1.71 bits per heavy atom. The van der Waals surface area contributed by atoms with E-state index in [-0.39, 0.29) is 11.5 Å². The number of likely N-dealkylation sites (tertiary alicyclic amines) is 1. The maximum Gasteiger partial charge on any atom is 0.349 e. The summed E-state index contributed by atoms with van der Waals surface area (Å²) in [6.45, 7) is 3.61. The average Bonchev–Trinajstić information content (AvgIpc) is 3.21. The van der Waals surface area contributed by atoms with Crippen molar-refractivity contribution in [2.75, 3.05) is 20.1 Å². The molecule has 0 radical (unpaired) electrons. The number of para-hydroxylation sites is 1. The molecule has 2 heterocycles. The molecule has 3 aromatic rings. The zero-order valence-corrected chi connectivity index (χ0v) is 16.1. The zero-order valence-electron chi connectivity index (χ0n) is 16.1. The number of nitrogens with zero attached hydrogens (tertiary/aromatic N) is 2. The molecule has 0 unspecified atom stereocenters. The Kier molecular flexibility index (Phi) is 5.26. The van der Waals surface area contributed by atoms with Crippen LogP contribution in [0.25, 0.3) is 11.0 Å². The standard InChI is InChI=1S/C23H24N2O3/c1-24(15-18-9-2-3-10-19(18)16-25-12-6-7-13-25)22(26)20-14-17-8-4-5-11-21(17)28-23(20)27/h2-5,8-11,14H,6-7,12-13,15-16H2,1H3. The van der Waals surface area contributed by atoms with Gasteiger partial charge in [0.2, 0.25) is 0 Å². The molecule has 0 N–H and O–H groups in total. The van der Waals surface area contributed by atoms with E-state index in [1.54, 1.807) is 30.1 Å². The van der Waals surface area contributed by atoms with Crippen molar-refractivity contribution in [3.63, 3.8) is 0 Å². The summed E-state index contributed by atoms with van der Waals surface area (Å²) in [5, 5.41) is 0.744. The molecule has 1 aliphatic rings. The number of hydrogen-bond donors (Lipinski definition) is 0. The summed E-state index contributed by atoms with van der Waals surface area (Å²) < 4.78 is 5.32. The van der Waals surface area contributed by atoms with Gasteiger partial charge < -0.3 is 9.32 Å². The fraction of sp³-hybridized carbons (Fsp3) is 0.304. The van der Waals surface area contributed by atoms with Crippen LogP contribution in [0, 0.1) is 0 Å². The van der Waals surface area contributed by atoms with Crippen LogP contribution < -0.4 is 5.63 Å². The van der Waals surface area contributed by atoms with Crippen molar-refractivity contribution in [1.29, 1.82) is 0 Å². The van der Waals surface area contributed by atoms with Gasteiger partial charge in [-0.1, -0.05) is 42.5 Å². The highest BCUT2D eigenvalue weighted by Gasteiger charge is 2.20. The van der Waals surface area contributed by atoms with Gasteiger partial charge in [-0.2, -0.15) is 0 Å². The second kappa shape index (κ2) is 7.98. The largest absolute Gasteiger partial charge is 0.422 e. The minimum absolute atomic E-state index is 0.0678. The van der Waals surface area contributed by atoms with Gasteiger partial charge in [-0.05, 0) is 49.2 Å². The van der Waals surface area contributed by atoms with Gasteiger partial charge in [0.1, 0.15) is 11.1 Å². The van der Waals surface area contributed by atoms with Crippen LogP contribution in [0.5, 0.6) is 0 Å². The highest BCUT2D eigenvalue weighted by Crippen LogP contribution is 2.19. The van der Waals surface area contributed by atoms with Crippen LogP contribution in [-0.2, 0) is 13.1 Å². The average molecular weight is 376 g/mol. The summed E-state index contributed by atoms with van der Waals surface area (Å²) in [7, 11) is 1.73. The molecule has 1 fully saturated rings. The first-order chi connectivity index (χ1) is 13.6. The molecule has 0 atom stereocenters. The number of fused-ring (bicyclic) bond motifs is 1. The van der Waals surface area contributed by atoms with E-state index >= 15 is 0 Å². The molecule has 144 valence electrons. The third kappa shape index (κ3) is 3.85. The van der Waals surface area contributed by atoms with Crippen LogP contribution >= 0.6 is 0 Å². The predicted octanol–water partition coefficient (Wildman–Crippen LogP) is 3.66. The number of carbonyl (C=O) groups excluding carboxylic acids is 1. The maximum absolute atomic E-state index is 12.9. The monoisotopic (exact) mass is 376 g/mol. The SMILES string of the molecule is CN(Cc1ccccc1CN1CCCC1)C(=O)c1cc2ccccc2oc1=O. The van der Waals surface area contributed by atoms with Crippen LogP contribution in [0.4, 0.5) is 0 Å². The Bertz CT molecular complexity index is 1050. The van der Waals surface area contributed by atoms with E-state index in [9.17, 15) is 9.59 Å². The lowest BCUT2D eigenvalue weighted by Gasteiger charge is -2.21. The van der Waals surface area contributed by atoms with Gasteiger partial charge in [0.25, 0.3) is 5.91 Å². The number of carbonyl (C=O) groups is 1. The quantitative estimate of drug-likeness (QED) is 0.638. The summed E-state index contributed by atoms with van der Waals surface area (Å²) in [4.78, 5) is 29.3. The summed E-state index contributed by atoms with van der Waals surface area (Å²) in [5.74, 6) is -0.324. The molecule has 4 rings (SSSR count). The van der Waals surface area contributed by atoms with Crippen molar-refractivity contribution in [2.24, 2.45) is 0 Å². The normalized spacial score (nSPS) is 14.5. The molecule has 0 spiro atoms. The van der Waals surface area contributed by atoms with Gasteiger partial charge in [-0.15, -0.1) is 0 Å². The number of hydrogen-bond acceptors (Lipinski definition) is 4. The first-order valence-corrected chi connectivity index (χ1v) is 9.69. The van der Waals surface area contributed by atoms with Crippen LogP contribution in [0.1, 0.15) is 34.3 Å². The smallest absolute Gasteiger partial charge is 0.349 e. The highest BCUT2D eigenvalue weighted by atomic mass is 16.4. The van der Waals surface area contributed by atoms with Crippen LogP contribution in [0.2, 0.25) is 0 Å². The van der Waals surface area contributed by atoms with Crippen molar-refractivity contribution in [1.82, 2.24) is 9.80 Å². The van der Waals surface area contributed by atoms with Gasteiger partial charge >= 0.3 is 5.63 Å². The lowest BCUT2D eigenvalue weighted by molar-refractivity contribution is 0.0780. The van der Waals surface area contributed by atoms with E-state index in [1.165, 1.54) is 18.4 Å². The molecule has 1 amide bonds. The minimum Gasteiger partial charge on any atom is -0.422 e. The van der Waals surface area contributed by atoms with E-state index in [1.807, 2.05) is 24.3 Å². The van der Waals surface area contributed by atoms with Crippen molar-refractivity contribution in [2.45, 2.75) is 25.9 Å². The number of rotatable bonds is 5. The highest BCUT2D eigenvalue weighted by molar-refractivity contribution is 5.96. The van der Waals surface area contributed by atoms with E-state index in [2.05, 4.69) is 17.0 Å². The molecule has 1 saturated heterocycles. The van der Waals surface area contributed by atoms with Crippen LogP contribution in [0.15, 0.2) is 63.8 Å². The first kappa shape index (κ1) is 18.4. The van der Waals surface area contributed by atoms with Gasteiger partial charge in [0.05, 0.1) is 0 Å². The Hall–Kier alpha value is -2.92. The summed E-state index contributed by atoms with van der Waals surface area (Å²) in [5.41, 5.74) is 2.30. The maximum atomic E-state index is 12.9. The fourth-order valence-electron chi connectivity index (χ4n) is 3.79. The molecule has 2 aromatic carbocycles. The zero-order chi connectivity index (χ0) is 19.5. The molecule has 0 saturated carbocycles. The lowest BCUT2D eigenvalue weighted by atomic mass is 10.1. The Balaban J connectivity index is 1.55. The van der Waals surface area contributed by atoms with E-state index in [4.69, 9.17) is 4.42 Å². The first-order valence-electron chi connectivity index (χ1n) is 9.69. The fourth-order valence-corrected chi connectivity index (χ4v) is 3.79. The van der Waals surface area contributed by atoms with Crippen molar-refractivity contribution >= 4 is 16.9 Å². The molecule has 5 heteroatoms. The Morgan fingerprint density at radius 3 is 2.50 bits per heavy atom. The van der Waals surface area contributed by atoms with Gasteiger partial charge in [-0.3, -0.25) is 9.69 Å². The molecule has 1 aromatic heterocycles.